The number of hydrogen-bond donors (Lipinski definition) is 2. The molecule has 1 atom stereocenters. The fourth-order valence-electron chi connectivity index (χ4n) is 2.70. The number of carbonyl (C=O) groups is 1. The van der Waals surface area contributed by atoms with E-state index >= 15 is 0 Å². The van der Waals surface area contributed by atoms with Crippen molar-refractivity contribution in [2.75, 3.05) is 17.2 Å². The predicted octanol–water partition coefficient (Wildman–Crippen LogP) is 3.67. The van der Waals surface area contributed by atoms with E-state index in [1.807, 2.05) is 18.2 Å². The first-order chi connectivity index (χ1) is 10.1. The van der Waals surface area contributed by atoms with Crippen molar-refractivity contribution < 1.29 is 9.18 Å². The number of anilines is 2. The van der Waals surface area contributed by atoms with Crippen LogP contribution in [0, 0.1) is 12.7 Å². The van der Waals surface area contributed by atoms with E-state index in [1.54, 1.807) is 19.1 Å². The molecule has 0 fully saturated rings. The average Bonchev–Trinajstić information content (AvgIpc) is 2.86. The summed E-state index contributed by atoms with van der Waals surface area (Å²) >= 11 is 0. The topological polar surface area (TPSA) is 41.1 Å². The van der Waals surface area contributed by atoms with Crippen molar-refractivity contribution in [3.05, 3.63) is 59.4 Å². The summed E-state index contributed by atoms with van der Waals surface area (Å²) in [6, 6.07) is 12.6. The van der Waals surface area contributed by atoms with E-state index in [2.05, 4.69) is 16.7 Å². The Morgan fingerprint density at radius 3 is 2.95 bits per heavy atom. The molecule has 0 aliphatic carbocycles. The van der Waals surface area contributed by atoms with Crippen LogP contribution in [0.1, 0.15) is 23.5 Å². The lowest BCUT2D eigenvalue weighted by molar-refractivity contribution is -0.116. The number of rotatable bonds is 3. The van der Waals surface area contributed by atoms with Crippen LogP contribution in [-0.4, -0.2) is 12.5 Å². The molecule has 2 aromatic carbocycles. The van der Waals surface area contributed by atoms with E-state index in [4.69, 9.17) is 0 Å². The third-order valence-corrected chi connectivity index (χ3v) is 3.81. The van der Waals surface area contributed by atoms with Gasteiger partial charge in [0.1, 0.15) is 5.82 Å². The van der Waals surface area contributed by atoms with Gasteiger partial charge in [0.25, 0.3) is 0 Å². The monoisotopic (exact) mass is 284 g/mol. The number of hydrogen-bond acceptors (Lipinski definition) is 2. The summed E-state index contributed by atoms with van der Waals surface area (Å²) in [5, 5.41) is 6.14. The van der Waals surface area contributed by atoms with Crippen molar-refractivity contribution >= 4 is 17.3 Å². The Morgan fingerprint density at radius 2 is 2.14 bits per heavy atom. The van der Waals surface area contributed by atoms with Gasteiger partial charge in [0.05, 0.1) is 0 Å². The third kappa shape index (κ3) is 2.89. The molecule has 0 spiro atoms. The molecule has 1 aliphatic heterocycles. The Kier molecular flexibility index (Phi) is 3.60. The maximum absolute atomic E-state index is 13.2. The first kappa shape index (κ1) is 13.6. The summed E-state index contributed by atoms with van der Waals surface area (Å²) in [4.78, 5) is 12.1. The third-order valence-electron chi connectivity index (χ3n) is 3.81. The minimum absolute atomic E-state index is 0.0514. The van der Waals surface area contributed by atoms with Gasteiger partial charge in [-0.25, -0.2) is 4.39 Å². The fraction of sp³-hybridized carbons (Fsp3) is 0.235. The number of para-hydroxylation sites is 1. The molecule has 0 saturated carbocycles. The highest BCUT2D eigenvalue weighted by atomic mass is 19.1. The molecular weight excluding hydrogens is 267 g/mol. The molecule has 0 radical (unpaired) electrons. The summed E-state index contributed by atoms with van der Waals surface area (Å²) < 4.78 is 13.2. The molecule has 1 unspecified atom stereocenters. The molecule has 0 aromatic heterocycles. The lowest BCUT2D eigenvalue weighted by Gasteiger charge is -2.11. The number of aryl methyl sites for hydroxylation is 1. The van der Waals surface area contributed by atoms with Gasteiger partial charge in [-0.3, -0.25) is 4.79 Å². The van der Waals surface area contributed by atoms with Crippen molar-refractivity contribution in [2.24, 2.45) is 0 Å². The zero-order chi connectivity index (χ0) is 14.8. The molecular formula is C17H17FN2O. The number of halogens is 1. The molecule has 0 bridgehead atoms. The molecule has 3 nitrogen and oxygen atoms in total. The molecule has 2 N–H and O–H groups in total. The number of benzene rings is 2. The standard InChI is InChI=1S/C17H17FN2O/c1-11-8-13(6-7-15(11)18)20-17(21)9-12-10-19-16-5-3-2-4-14(12)16/h2-8,12,19H,9-10H2,1H3,(H,20,21). The quantitative estimate of drug-likeness (QED) is 0.903. The van der Waals surface area contributed by atoms with Crippen molar-refractivity contribution in [3.63, 3.8) is 0 Å². The second-order valence-corrected chi connectivity index (χ2v) is 5.38. The number of nitrogens with one attached hydrogen (secondary N) is 2. The van der Waals surface area contributed by atoms with Gasteiger partial charge in [-0.1, -0.05) is 18.2 Å². The molecule has 1 amide bonds. The SMILES string of the molecule is Cc1cc(NC(=O)CC2CNc3ccccc32)ccc1F. The lowest BCUT2D eigenvalue weighted by atomic mass is 9.97. The average molecular weight is 284 g/mol. The maximum atomic E-state index is 13.2. The smallest absolute Gasteiger partial charge is 0.225 e. The van der Waals surface area contributed by atoms with E-state index in [0.717, 1.165) is 12.2 Å². The van der Waals surface area contributed by atoms with E-state index in [1.165, 1.54) is 11.6 Å². The Hall–Kier alpha value is -2.36. The van der Waals surface area contributed by atoms with Gasteiger partial charge < -0.3 is 10.6 Å². The van der Waals surface area contributed by atoms with Crippen LogP contribution >= 0.6 is 0 Å². The summed E-state index contributed by atoms with van der Waals surface area (Å²) in [6.45, 7) is 2.46. The highest BCUT2D eigenvalue weighted by Crippen LogP contribution is 2.33. The van der Waals surface area contributed by atoms with Crippen molar-refractivity contribution in [1.82, 2.24) is 0 Å². The van der Waals surface area contributed by atoms with Gasteiger partial charge in [-0.2, -0.15) is 0 Å². The molecule has 4 heteroatoms. The number of carbonyl (C=O) groups excluding carboxylic acids is 1. The second-order valence-electron chi connectivity index (χ2n) is 5.38. The minimum Gasteiger partial charge on any atom is -0.384 e. The summed E-state index contributed by atoms with van der Waals surface area (Å²) in [5.74, 6) is -0.130. The van der Waals surface area contributed by atoms with Crippen LogP contribution in [0.2, 0.25) is 0 Å². The van der Waals surface area contributed by atoms with Crippen LogP contribution in [0.5, 0.6) is 0 Å². The van der Waals surface area contributed by atoms with Crippen LogP contribution in [0.25, 0.3) is 0 Å². The van der Waals surface area contributed by atoms with Crippen molar-refractivity contribution in [2.45, 2.75) is 19.3 Å². The zero-order valence-corrected chi connectivity index (χ0v) is 11.8. The normalized spacial score (nSPS) is 16.2. The molecule has 1 heterocycles. The highest BCUT2D eigenvalue weighted by Gasteiger charge is 2.23. The molecule has 0 saturated heterocycles. The van der Waals surface area contributed by atoms with Gasteiger partial charge in [0, 0.05) is 30.3 Å². The largest absolute Gasteiger partial charge is 0.384 e. The Bertz CT molecular complexity index is 684. The molecule has 3 rings (SSSR count). The van der Waals surface area contributed by atoms with Gasteiger partial charge in [0.15, 0.2) is 0 Å². The number of amides is 1. The summed E-state index contributed by atoms with van der Waals surface area (Å²) in [7, 11) is 0. The van der Waals surface area contributed by atoms with Crippen molar-refractivity contribution in [1.29, 1.82) is 0 Å². The lowest BCUT2D eigenvalue weighted by Crippen LogP contribution is -2.16. The Labute approximate surface area is 123 Å². The van der Waals surface area contributed by atoms with Crippen molar-refractivity contribution in [3.8, 4) is 0 Å². The van der Waals surface area contributed by atoms with E-state index in [-0.39, 0.29) is 17.6 Å². The van der Waals surface area contributed by atoms with Gasteiger partial charge >= 0.3 is 0 Å². The molecule has 1 aliphatic rings. The van der Waals surface area contributed by atoms with Crippen LogP contribution in [0.15, 0.2) is 42.5 Å². The Balaban J connectivity index is 1.66. The van der Waals surface area contributed by atoms with Gasteiger partial charge in [-0.05, 0) is 42.3 Å². The van der Waals surface area contributed by atoms with E-state index in [0.29, 0.717) is 17.7 Å². The number of fused-ring (bicyclic) bond motifs is 1. The predicted molar refractivity (Wildman–Crippen MR) is 82.1 cm³/mol. The summed E-state index contributed by atoms with van der Waals surface area (Å²) in [5.41, 5.74) is 3.45. The molecule has 21 heavy (non-hydrogen) atoms. The Morgan fingerprint density at radius 1 is 1.33 bits per heavy atom. The maximum Gasteiger partial charge on any atom is 0.225 e. The highest BCUT2D eigenvalue weighted by molar-refractivity contribution is 5.91. The van der Waals surface area contributed by atoms with Gasteiger partial charge in [0.2, 0.25) is 5.91 Å². The zero-order valence-electron chi connectivity index (χ0n) is 11.8. The van der Waals surface area contributed by atoms with E-state index < -0.39 is 0 Å². The van der Waals surface area contributed by atoms with E-state index in [9.17, 15) is 9.18 Å². The minimum atomic E-state index is -0.262. The molecule has 108 valence electrons. The van der Waals surface area contributed by atoms with Crippen LogP contribution in [0.3, 0.4) is 0 Å². The fourth-order valence-corrected chi connectivity index (χ4v) is 2.70. The van der Waals surface area contributed by atoms with Crippen LogP contribution in [0.4, 0.5) is 15.8 Å². The first-order valence-corrected chi connectivity index (χ1v) is 7.02. The van der Waals surface area contributed by atoms with Gasteiger partial charge in [-0.15, -0.1) is 0 Å². The summed E-state index contributed by atoms with van der Waals surface area (Å²) in [6.07, 6.45) is 0.417. The van der Waals surface area contributed by atoms with Crippen LogP contribution < -0.4 is 10.6 Å². The molecule has 2 aromatic rings. The van der Waals surface area contributed by atoms with Crippen LogP contribution in [-0.2, 0) is 4.79 Å². The first-order valence-electron chi connectivity index (χ1n) is 7.02. The second kappa shape index (κ2) is 5.56.